The van der Waals surface area contributed by atoms with Crippen LogP contribution in [0.3, 0.4) is 0 Å². The molecule has 0 spiro atoms. The third-order valence-corrected chi connectivity index (χ3v) is 2.85. The van der Waals surface area contributed by atoms with Crippen molar-refractivity contribution >= 4 is 34.6 Å². The summed E-state index contributed by atoms with van der Waals surface area (Å²) in [6, 6.07) is 3.19. The molecule has 0 saturated carbocycles. The molecule has 1 amide bonds. The van der Waals surface area contributed by atoms with Crippen molar-refractivity contribution in [3.05, 3.63) is 21.3 Å². The molecule has 1 heterocycles. The minimum atomic E-state index is -4.93. The first kappa shape index (κ1) is 13.0. The summed E-state index contributed by atoms with van der Waals surface area (Å²) >= 11 is 6.79. The first-order valence-corrected chi connectivity index (χ1v) is 5.17. The highest BCUT2D eigenvalue weighted by atomic mass is 35.5. The van der Waals surface area contributed by atoms with Gasteiger partial charge < -0.3 is 0 Å². The lowest BCUT2D eigenvalue weighted by molar-refractivity contribution is -0.173. The maximum absolute atomic E-state index is 11.8. The van der Waals surface area contributed by atoms with Crippen LogP contribution in [0.25, 0.3) is 0 Å². The predicted octanol–water partition coefficient (Wildman–Crippen LogP) is 2.80. The van der Waals surface area contributed by atoms with Crippen molar-refractivity contribution in [1.29, 1.82) is 0 Å². The molecule has 1 N–H and O–H groups in total. The zero-order valence-corrected chi connectivity index (χ0v) is 9.50. The van der Waals surface area contributed by atoms with Gasteiger partial charge in [-0.2, -0.15) is 18.3 Å². The first-order valence-electron chi connectivity index (χ1n) is 3.98. The van der Waals surface area contributed by atoms with Crippen LogP contribution in [-0.2, 0) is 4.79 Å². The van der Waals surface area contributed by atoms with Gasteiger partial charge in [0.1, 0.15) is 0 Å². The van der Waals surface area contributed by atoms with Crippen LogP contribution < -0.4 is 5.43 Å². The highest BCUT2D eigenvalue weighted by Crippen LogP contribution is 2.22. The Morgan fingerprint density at radius 3 is 2.56 bits per heavy atom. The summed E-state index contributed by atoms with van der Waals surface area (Å²) in [6.45, 7) is 1.47. The van der Waals surface area contributed by atoms with Crippen LogP contribution in [0.2, 0.25) is 4.34 Å². The lowest BCUT2D eigenvalue weighted by atomic mass is 10.3. The molecule has 88 valence electrons. The van der Waals surface area contributed by atoms with E-state index < -0.39 is 12.1 Å². The van der Waals surface area contributed by atoms with E-state index in [4.69, 9.17) is 11.6 Å². The minimum Gasteiger partial charge on any atom is -0.263 e. The van der Waals surface area contributed by atoms with E-state index in [9.17, 15) is 18.0 Å². The molecule has 1 aromatic heterocycles. The number of hydrogen-bond acceptors (Lipinski definition) is 3. The van der Waals surface area contributed by atoms with Crippen molar-refractivity contribution < 1.29 is 18.0 Å². The van der Waals surface area contributed by atoms with E-state index in [-0.39, 0.29) is 5.71 Å². The monoisotopic (exact) mass is 270 g/mol. The summed E-state index contributed by atoms with van der Waals surface area (Å²) in [7, 11) is 0. The number of amides is 1. The van der Waals surface area contributed by atoms with Gasteiger partial charge in [0.05, 0.1) is 14.9 Å². The molecule has 0 aliphatic heterocycles. The molecule has 1 aromatic rings. The molecule has 0 bridgehead atoms. The van der Waals surface area contributed by atoms with Gasteiger partial charge in [-0.3, -0.25) is 4.79 Å². The zero-order chi connectivity index (χ0) is 12.3. The van der Waals surface area contributed by atoms with Crippen LogP contribution >= 0.6 is 22.9 Å². The number of alkyl halides is 3. The molecular formula is C8H6ClF3N2OS. The molecule has 0 aliphatic rings. The molecule has 0 radical (unpaired) electrons. The Morgan fingerprint density at radius 2 is 2.12 bits per heavy atom. The number of hydrazone groups is 1. The Kier molecular flexibility index (Phi) is 3.93. The number of rotatable bonds is 2. The molecule has 0 atom stereocenters. The second kappa shape index (κ2) is 4.84. The van der Waals surface area contributed by atoms with E-state index in [0.717, 1.165) is 11.3 Å². The van der Waals surface area contributed by atoms with Gasteiger partial charge in [-0.1, -0.05) is 11.6 Å². The van der Waals surface area contributed by atoms with E-state index in [0.29, 0.717) is 9.21 Å². The smallest absolute Gasteiger partial charge is 0.263 e. The van der Waals surface area contributed by atoms with Crippen molar-refractivity contribution in [2.45, 2.75) is 13.1 Å². The van der Waals surface area contributed by atoms with Gasteiger partial charge in [0.15, 0.2) is 0 Å². The summed E-state index contributed by atoms with van der Waals surface area (Å²) in [4.78, 5) is 11.0. The molecule has 0 fully saturated rings. The van der Waals surface area contributed by atoms with E-state index in [1.165, 1.54) is 12.3 Å². The first-order chi connectivity index (χ1) is 7.30. The molecular weight excluding hydrogens is 265 g/mol. The predicted molar refractivity (Wildman–Crippen MR) is 55.7 cm³/mol. The fraction of sp³-hybridized carbons (Fsp3) is 0.250. The Morgan fingerprint density at radius 1 is 1.50 bits per heavy atom. The molecule has 0 aromatic carbocycles. The van der Waals surface area contributed by atoms with Crippen LogP contribution in [0.1, 0.15) is 11.8 Å². The lowest BCUT2D eigenvalue weighted by Gasteiger charge is -2.03. The van der Waals surface area contributed by atoms with Crippen molar-refractivity contribution in [1.82, 2.24) is 5.43 Å². The van der Waals surface area contributed by atoms with Crippen LogP contribution in [0.15, 0.2) is 17.2 Å². The average Bonchev–Trinajstić information content (AvgIpc) is 2.59. The molecule has 0 unspecified atom stereocenters. The Labute approximate surface area is 97.9 Å². The standard InChI is InChI=1S/C8H6ClF3N2OS/c1-4(5-2-3-6(9)16-5)13-14-7(15)8(10,11)12/h2-3H,1H3,(H,14,15)/b13-4+. The average molecular weight is 271 g/mol. The Hall–Kier alpha value is -1.08. The van der Waals surface area contributed by atoms with Crippen LogP contribution in [0.4, 0.5) is 13.2 Å². The molecule has 3 nitrogen and oxygen atoms in total. The topological polar surface area (TPSA) is 41.5 Å². The molecule has 8 heteroatoms. The van der Waals surface area contributed by atoms with E-state index in [1.54, 1.807) is 12.1 Å². The number of carbonyl (C=O) groups is 1. The van der Waals surface area contributed by atoms with Crippen molar-refractivity contribution in [3.8, 4) is 0 Å². The lowest BCUT2D eigenvalue weighted by Crippen LogP contribution is -2.34. The van der Waals surface area contributed by atoms with Gasteiger partial charge in [-0.25, -0.2) is 5.43 Å². The van der Waals surface area contributed by atoms with Gasteiger partial charge in [0.2, 0.25) is 0 Å². The summed E-state index contributed by atoms with van der Waals surface area (Å²) < 4.78 is 35.9. The van der Waals surface area contributed by atoms with Gasteiger partial charge in [-0.05, 0) is 19.1 Å². The van der Waals surface area contributed by atoms with E-state index >= 15 is 0 Å². The van der Waals surface area contributed by atoms with Crippen molar-refractivity contribution in [2.24, 2.45) is 5.10 Å². The molecule has 1 rings (SSSR count). The van der Waals surface area contributed by atoms with Gasteiger partial charge in [0, 0.05) is 0 Å². The number of hydrogen-bond donors (Lipinski definition) is 1. The number of nitrogens with one attached hydrogen (secondary N) is 1. The second-order valence-electron chi connectivity index (χ2n) is 2.74. The fourth-order valence-electron chi connectivity index (χ4n) is 0.762. The van der Waals surface area contributed by atoms with E-state index in [1.807, 2.05) is 0 Å². The van der Waals surface area contributed by atoms with Crippen LogP contribution in [-0.4, -0.2) is 17.8 Å². The van der Waals surface area contributed by atoms with Crippen molar-refractivity contribution in [3.63, 3.8) is 0 Å². The van der Waals surface area contributed by atoms with Gasteiger partial charge >= 0.3 is 12.1 Å². The minimum absolute atomic E-state index is 0.259. The summed E-state index contributed by atoms with van der Waals surface area (Å²) in [6.07, 6.45) is -4.93. The third-order valence-electron chi connectivity index (χ3n) is 1.51. The maximum Gasteiger partial charge on any atom is 0.473 e. The largest absolute Gasteiger partial charge is 0.473 e. The highest BCUT2D eigenvalue weighted by molar-refractivity contribution is 7.18. The zero-order valence-electron chi connectivity index (χ0n) is 7.93. The number of thiophene rings is 1. The summed E-state index contributed by atoms with van der Waals surface area (Å²) in [5, 5.41) is 3.32. The number of nitrogens with zero attached hydrogens (tertiary/aromatic N) is 1. The number of carbonyl (C=O) groups excluding carboxylic acids is 1. The Balaban J connectivity index is 2.69. The highest BCUT2D eigenvalue weighted by Gasteiger charge is 2.38. The van der Waals surface area contributed by atoms with Crippen LogP contribution in [0.5, 0.6) is 0 Å². The summed E-state index contributed by atoms with van der Waals surface area (Å²) in [5.74, 6) is -2.10. The van der Waals surface area contributed by atoms with E-state index in [2.05, 4.69) is 5.10 Å². The normalized spacial score (nSPS) is 12.7. The van der Waals surface area contributed by atoms with Crippen LogP contribution in [0, 0.1) is 0 Å². The maximum atomic E-state index is 11.8. The van der Waals surface area contributed by atoms with Crippen molar-refractivity contribution in [2.75, 3.05) is 0 Å². The van der Waals surface area contributed by atoms with Gasteiger partial charge in [0.25, 0.3) is 0 Å². The SMILES string of the molecule is C/C(=N\NC(=O)C(F)(F)F)c1ccc(Cl)s1. The second-order valence-corrected chi connectivity index (χ2v) is 4.45. The molecule has 0 saturated heterocycles. The molecule has 0 aliphatic carbocycles. The summed E-state index contributed by atoms with van der Waals surface area (Å²) in [5.41, 5.74) is 1.68. The van der Waals surface area contributed by atoms with Gasteiger partial charge in [-0.15, -0.1) is 11.3 Å². The quantitative estimate of drug-likeness (QED) is 0.652. The fourth-order valence-corrected chi connectivity index (χ4v) is 1.75. The third kappa shape index (κ3) is 3.49. The molecule has 16 heavy (non-hydrogen) atoms. The number of halogens is 4. The Bertz CT molecular complexity index is 427.